The highest BCUT2D eigenvalue weighted by atomic mass is 16.2. The highest BCUT2D eigenvalue weighted by molar-refractivity contribution is 6.06. The van der Waals surface area contributed by atoms with Gasteiger partial charge in [-0.15, -0.1) is 0 Å². The van der Waals surface area contributed by atoms with Crippen LogP contribution in [0.15, 0.2) is 73.1 Å². The zero-order chi connectivity index (χ0) is 17.2. The second-order valence-corrected chi connectivity index (χ2v) is 6.02. The number of imidazole rings is 1. The van der Waals surface area contributed by atoms with Crippen molar-refractivity contribution in [3.8, 4) is 0 Å². The van der Waals surface area contributed by atoms with E-state index in [2.05, 4.69) is 4.98 Å². The van der Waals surface area contributed by atoms with Gasteiger partial charge in [-0.2, -0.15) is 0 Å². The molecule has 0 fully saturated rings. The molecule has 4 aromatic rings. The molecule has 0 bridgehead atoms. The maximum Gasteiger partial charge on any atom is 0.254 e. The second-order valence-electron chi connectivity index (χ2n) is 6.02. The third-order valence-electron chi connectivity index (χ3n) is 4.54. The molecule has 2 aromatic heterocycles. The minimum atomic E-state index is 0.0465. The molecule has 2 aromatic carbocycles. The Morgan fingerprint density at radius 2 is 1.84 bits per heavy atom. The van der Waals surface area contributed by atoms with Gasteiger partial charge in [0.2, 0.25) is 0 Å². The van der Waals surface area contributed by atoms with Gasteiger partial charge in [0, 0.05) is 18.3 Å². The number of pyridine rings is 1. The van der Waals surface area contributed by atoms with E-state index in [-0.39, 0.29) is 5.91 Å². The summed E-state index contributed by atoms with van der Waals surface area (Å²) in [6.45, 7) is 3.18. The van der Waals surface area contributed by atoms with Crippen LogP contribution in [0.2, 0.25) is 0 Å². The van der Waals surface area contributed by atoms with Gasteiger partial charge >= 0.3 is 0 Å². The fourth-order valence-corrected chi connectivity index (χ4v) is 3.21. The zero-order valence-electron chi connectivity index (χ0n) is 14.1. The molecule has 1 amide bonds. The number of hydrogen-bond acceptors (Lipinski definition) is 2. The van der Waals surface area contributed by atoms with Crippen LogP contribution in [-0.4, -0.2) is 26.7 Å². The van der Waals surface area contributed by atoms with Crippen LogP contribution < -0.4 is 0 Å². The Hall–Kier alpha value is -3.14. The van der Waals surface area contributed by atoms with E-state index in [0.29, 0.717) is 13.1 Å². The molecular weight excluding hydrogens is 310 g/mol. The van der Waals surface area contributed by atoms with Gasteiger partial charge in [0.1, 0.15) is 5.65 Å². The number of amides is 1. The number of benzene rings is 2. The van der Waals surface area contributed by atoms with Crippen molar-refractivity contribution < 1.29 is 4.79 Å². The van der Waals surface area contributed by atoms with Crippen LogP contribution >= 0.6 is 0 Å². The third kappa shape index (κ3) is 2.76. The van der Waals surface area contributed by atoms with Gasteiger partial charge in [0.05, 0.1) is 18.4 Å². The quantitative estimate of drug-likeness (QED) is 0.564. The molecule has 0 saturated heterocycles. The molecular formula is C21H19N3O. The Kier molecular flexibility index (Phi) is 3.94. The lowest BCUT2D eigenvalue weighted by molar-refractivity contribution is 0.0752. The van der Waals surface area contributed by atoms with E-state index < -0.39 is 0 Å². The molecule has 4 nitrogen and oxygen atoms in total. The Bertz CT molecular complexity index is 1050. The number of hydrogen-bond donors (Lipinski definition) is 0. The number of carbonyl (C=O) groups excluding carboxylic acids is 1. The smallest absolute Gasteiger partial charge is 0.254 e. The topological polar surface area (TPSA) is 37.6 Å². The molecule has 0 unspecified atom stereocenters. The largest absolute Gasteiger partial charge is 0.333 e. The lowest BCUT2D eigenvalue weighted by Crippen LogP contribution is -2.31. The number of aromatic nitrogens is 2. The first kappa shape index (κ1) is 15.4. The number of rotatable bonds is 4. The van der Waals surface area contributed by atoms with Gasteiger partial charge in [-0.1, -0.05) is 42.5 Å². The van der Waals surface area contributed by atoms with E-state index in [1.165, 1.54) is 0 Å². The van der Waals surface area contributed by atoms with Gasteiger partial charge < -0.3 is 9.30 Å². The molecule has 0 atom stereocenters. The molecule has 25 heavy (non-hydrogen) atoms. The third-order valence-corrected chi connectivity index (χ3v) is 4.54. The van der Waals surface area contributed by atoms with Crippen molar-refractivity contribution >= 4 is 22.3 Å². The highest BCUT2D eigenvalue weighted by Crippen LogP contribution is 2.21. The van der Waals surface area contributed by atoms with E-state index in [9.17, 15) is 4.79 Å². The second kappa shape index (κ2) is 6.40. The van der Waals surface area contributed by atoms with Crippen molar-refractivity contribution in [1.82, 2.24) is 14.3 Å². The van der Waals surface area contributed by atoms with Crippen LogP contribution in [0, 0.1) is 0 Å². The molecule has 0 saturated carbocycles. The molecule has 0 aliphatic carbocycles. The summed E-state index contributed by atoms with van der Waals surface area (Å²) in [4.78, 5) is 19.4. The van der Waals surface area contributed by atoms with Crippen molar-refractivity contribution in [3.63, 3.8) is 0 Å². The van der Waals surface area contributed by atoms with E-state index in [1.54, 1.807) is 0 Å². The van der Waals surface area contributed by atoms with Crippen LogP contribution in [0.25, 0.3) is 16.4 Å². The summed E-state index contributed by atoms with van der Waals surface area (Å²) in [6.07, 6.45) is 3.82. The molecule has 0 aliphatic rings. The Morgan fingerprint density at radius 1 is 1.04 bits per heavy atom. The fraction of sp³-hybridized carbons (Fsp3) is 0.143. The predicted molar refractivity (Wildman–Crippen MR) is 99.6 cm³/mol. The van der Waals surface area contributed by atoms with E-state index in [0.717, 1.165) is 27.7 Å². The summed E-state index contributed by atoms with van der Waals surface area (Å²) in [5.41, 5.74) is 2.64. The lowest BCUT2D eigenvalue weighted by Gasteiger charge is -2.21. The summed E-state index contributed by atoms with van der Waals surface area (Å²) < 4.78 is 2.03. The molecule has 0 aliphatic heterocycles. The minimum absolute atomic E-state index is 0.0465. The molecule has 0 spiro atoms. The van der Waals surface area contributed by atoms with Crippen molar-refractivity contribution in [2.45, 2.75) is 13.5 Å². The molecule has 0 N–H and O–H groups in total. The zero-order valence-corrected chi connectivity index (χ0v) is 14.1. The summed E-state index contributed by atoms with van der Waals surface area (Å²) in [6, 6.07) is 19.8. The molecule has 2 heterocycles. The van der Waals surface area contributed by atoms with Crippen molar-refractivity contribution in [3.05, 3.63) is 84.3 Å². The molecule has 4 rings (SSSR count). The van der Waals surface area contributed by atoms with E-state index in [1.807, 2.05) is 89.3 Å². The lowest BCUT2D eigenvalue weighted by atomic mass is 10.0. The average molecular weight is 329 g/mol. The first-order chi connectivity index (χ1) is 12.3. The average Bonchev–Trinajstić information content (AvgIpc) is 3.08. The molecule has 0 radical (unpaired) electrons. The van der Waals surface area contributed by atoms with Gasteiger partial charge in [0.25, 0.3) is 5.91 Å². The van der Waals surface area contributed by atoms with Crippen LogP contribution in [0.1, 0.15) is 23.0 Å². The first-order valence-electron chi connectivity index (χ1n) is 8.46. The summed E-state index contributed by atoms with van der Waals surface area (Å²) in [5, 5.41) is 2.07. The van der Waals surface area contributed by atoms with Gasteiger partial charge in [-0.3, -0.25) is 4.79 Å². The SMILES string of the molecule is CCN(Cc1cnc2ccccn12)C(=O)c1cccc2ccccc12. The predicted octanol–water partition coefficient (Wildman–Crippen LogP) is 4.15. The van der Waals surface area contributed by atoms with Crippen LogP contribution in [-0.2, 0) is 6.54 Å². The van der Waals surface area contributed by atoms with Crippen LogP contribution in [0.4, 0.5) is 0 Å². The Balaban J connectivity index is 1.69. The fourth-order valence-electron chi connectivity index (χ4n) is 3.21. The standard InChI is InChI=1S/C21H19N3O/c1-2-23(15-17-14-22-20-12-5-6-13-24(17)20)21(25)19-11-7-9-16-8-3-4-10-18(16)19/h3-14H,2,15H2,1H3. The summed E-state index contributed by atoms with van der Waals surface area (Å²) in [5.74, 6) is 0.0465. The number of fused-ring (bicyclic) bond motifs is 2. The van der Waals surface area contributed by atoms with Gasteiger partial charge in [-0.25, -0.2) is 4.98 Å². The van der Waals surface area contributed by atoms with Gasteiger partial charge in [0.15, 0.2) is 0 Å². The highest BCUT2D eigenvalue weighted by Gasteiger charge is 2.18. The number of carbonyl (C=O) groups is 1. The maximum atomic E-state index is 13.1. The van der Waals surface area contributed by atoms with Crippen LogP contribution in [0.5, 0.6) is 0 Å². The molecule has 4 heteroatoms. The maximum absolute atomic E-state index is 13.1. The first-order valence-corrected chi connectivity index (χ1v) is 8.46. The summed E-state index contributed by atoms with van der Waals surface area (Å²) in [7, 11) is 0. The van der Waals surface area contributed by atoms with Crippen molar-refractivity contribution in [2.75, 3.05) is 6.54 Å². The Morgan fingerprint density at radius 3 is 2.72 bits per heavy atom. The van der Waals surface area contributed by atoms with E-state index in [4.69, 9.17) is 0 Å². The van der Waals surface area contributed by atoms with Gasteiger partial charge in [-0.05, 0) is 35.9 Å². The Labute approximate surface area is 146 Å². The monoisotopic (exact) mass is 329 g/mol. The summed E-state index contributed by atoms with van der Waals surface area (Å²) >= 11 is 0. The molecule has 124 valence electrons. The number of nitrogens with zero attached hydrogens (tertiary/aromatic N) is 3. The van der Waals surface area contributed by atoms with Crippen molar-refractivity contribution in [1.29, 1.82) is 0 Å². The van der Waals surface area contributed by atoms with Crippen molar-refractivity contribution in [2.24, 2.45) is 0 Å². The normalized spacial score (nSPS) is 11.1. The minimum Gasteiger partial charge on any atom is -0.333 e. The van der Waals surface area contributed by atoms with Crippen LogP contribution in [0.3, 0.4) is 0 Å². The van der Waals surface area contributed by atoms with E-state index >= 15 is 0 Å².